The number of carbonyl (C=O) groups excluding carboxylic acids is 1. The molecule has 27 heavy (non-hydrogen) atoms. The Kier molecular flexibility index (Phi) is 4.93. The Labute approximate surface area is 156 Å². The van der Waals surface area contributed by atoms with Crippen LogP contribution in [0.4, 0.5) is 5.82 Å². The summed E-state index contributed by atoms with van der Waals surface area (Å²) < 4.78 is 7.86. The summed E-state index contributed by atoms with van der Waals surface area (Å²) in [6.07, 6.45) is 0.527. The lowest BCUT2D eigenvalue weighted by Crippen LogP contribution is -2.34. The number of hydrogen-bond donors (Lipinski definition) is 1. The van der Waals surface area contributed by atoms with Crippen LogP contribution in [-0.2, 0) is 17.8 Å². The van der Waals surface area contributed by atoms with Crippen molar-refractivity contribution in [2.45, 2.75) is 47.6 Å². The second-order valence-corrected chi connectivity index (χ2v) is 6.43. The maximum Gasteiger partial charge on any atom is 0.258 e. The molecule has 1 amide bonds. The molecule has 0 saturated carbocycles. The van der Waals surface area contributed by atoms with E-state index in [2.05, 4.69) is 20.6 Å². The molecule has 9 nitrogen and oxygen atoms in total. The van der Waals surface area contributed by atoms with Gasteiger partial charge in [0.1, 0.15) is 12.3 Å². The Morgan fingerprint density at radius 3 is 2.52 bits per heavy atom. The van der Waals surface area contributed by atoms with Crippen LogP contribution in [0, 0.1) is 27.7 Å². The summed E-state index contributed by atoms with van der Waals surface area (Å²) in [5.41, 5.74) is 2.58. The summed E-state index contributed by atoms with van der Waals surface area (Å²) in [5.74, 6) is 0.790. The summed E-state index contributed by atoms with van der Waals surface area (Å²) in [4.78, 5) is 30.0. The first kappa shape index (κ1) is 18.6. The van der Waals surface area contributed by atoms with E-state index in [1.165, 1.54) is 4.57 Å². The van der Waals surface area contributed by atoms with Crippen LogP contribution in [-0.4, -0.2) is 30.4 Å². The molecule has 142 valence electrons. The summed E-state index contributed by atoms with van der Waals surface area (Å²) >= 11 is 0. The normalized spacial score (nSPS) is 11.0. The largest absolute Gasteiger partial charge is 0.360 e. The van der Waals surface area contributed by atoms with E-state index in [0.29, 0.717) is 35.2 Å². The second-order valence-electron chi connectivity index (χ2n) is 6.43. The quantitative estimate of drug-likeness (QED) is 0.734. The molecule has 0 aliphatic carbocycles. The molecule has 0 unspecified atom stereocenters. The summed E-state index contributed by atoms with van der Waals surface area (Å²) in [7, 11) is 0. The summed E-state index contributed by atoms with van der Waals surface area (Å²) in [6.45, 7) is 8.93. The van der Waals surface area contributed by atoms with Gasteiger partial charge in [-0.05, 0) is 40.2 Å². The Hall–Kier alpha value is -3.23. The lowest BCUT2D eigenvalue weighted by Gasteiger charge is -2.15. The average molecular weight is 370 g/mol. The molecular weight excluding hydrogens is 348 g/mol. The van der Waals surface area contributed by atoms with Crippen molar-refractivity contribution in [2.75, 3.05) is 5.32 Å². The second kappa shape index (κ2) is 7.18. The van der Waals surface area contributed by atoms with E-state index < -0.39 is 5.91 Å². The third-order valence-electron chi connectivity index (χ3n) is 4.20. The van der Waals surface area contributed by atoms with Gasteiger partial charge in [-0.2, -0.15) is 5.10 Å². The molecule has 3 rings (SSSR count). The number of amides is 1. The molecule has 0 radical (unpaired) electrons. The molecule has 3 aromatic heterocycles. The zero-order valence-corrected chi connectivity index (χ0v) is 16.0. The van der Waals surface area contributed by atoms with Gasteiger partial charge < -0.3 is 9.84 Å². The number of hydrogen-bond acceptors (Lipinski definition) is 6. The molecule has 1 N–H and O–H groups in total. The summed E-state index contributed by atoms with van der Waals surface area (Å²) in [6, 6.07) is 3.49. The first-order valence-corrected chi connectivity index (χ1v) is 8.67. The van der Waals surface area contributed by atoms with Gasteiger partial charge in [-0.15, -0.1) is 0 Å². The number of aryl methyl sites for hydroxylation is 4. The van der Waals surface area contributed by atoms with Crippen molar-refractivity contribution in [1.29, 1.82) is 0 Å². The highest BCUT2D eigenvalue weighted by Crippen LogP contribution is 2.12. The van der Waals surface area contributed by atoms with Gasteiger partial charge in [-0.25, -0.2) is 9.67 Å². The fourth-order valence-corrected chi connectivity index (χ4v) is 2.98. The van der Waals surface area contributed by atoms with Crippen LogP contribution in [0.5, 0.6) is 0 Å². The van der Waals surface area contributed by atoms with Gasteiger partial charge in [-0.3, -0.25) is 14.2 Å². The Balaban J connectivity index is 2.05. The van der Waals surface area contributed by atoms with Crippen LogP contribution in [0.15, 0.2) is 21.5 Å². The van der Waals surface area contributed by atoms with Crippen molar-refractivity contribution in [3.63, 3.8) is 0 Å². The minimum absolute atomic E-state index is 0.210. The fourth-order valence-electron chi connectivity index (χ4n) is 2.98. The Morgan fingerprint density at radius 2 is 1.96 bits per heavy atom. The molecule has 9 heteroatoms. The molecule has 0 aliphatic rings. The van der Waals surface area contributed by atoms with Gasteiger partial charge in [0.05, 0.1) is 11.4 Å². The topological polar surface area (TPSA) is 108 Å². The number of aromatic nitrogens is 5. The molecule has 3 heterocycles. The Bertz CT molecular complexity index is 1060. The van der Waals surface area contributed by atoms with Crippen LogP contribution < -0.4 is 10.9 Å². The zero-order valence-electron chi connectivity index (χ0n) is 16.0. The van der Waals surface area contributed by atoms with Gasteiger partial charge in [0, 0.05) is 17.3 Å². The molecule has 0 aliphatic heterocycles. The van der Waals surface area contributed by atoms with E-state index in [4.69, 9.17) is 4.52 Å². The van der Waals surface area contributed by atoms with Gasteiger partial charge >= 0.3 is 0 Å². The van der Waals surface area contributed by atoms with Crippen molar-refractivity contribution in [3.8, 4) is 5.95 Å². The first-order valence-electron chi connectivity index (χ1n) is 8.67. The standard InChI is InChI=1S/C18H22N6O3/c1-6-14-13(5)19-18(24-11(3)7-10(2)21-24)23(17(14)26)9-16(25)20-15-8-12(4)27-22-15/h7-8H,6,9H2,1-5H3,(H,20,22,25). The Morgan fingerprint density at radius 1 is 1.22 bits per heavy atom. The van der Waals surface area contributed by atoms with Gasteiger partial charge in [0.15, 0.2) is 5.82 Å². The minimum Gasteiger partial charge on any atom is -0.360 e. The third-order valence-corrected chi connectivity index (χ3v) is 4.20. The molecule has 0 fully saturated rings. The highest BCUT2D eigenvalue weighted by atomic mass is 16.5. The average Bonchev–Trinajstić information content (AvgIpc) is 3.15. The van der Waals surface area contributed by atoms with Crippen LogP contribution in [0.25, 0.3) is 5.95 Å². The number of nitrogens with zero attached hydrogens (tertiary/aromatic N) is 5. The predicted molar refractivity (Wildman–Crippen MR) is 99.1 cm³/mol. The maximum absolute atomic E-state index is 13.0. The number of nitrogens with one attached hydrogen (secondary N) is 1. The van der Waals surface area contributed by atoms with Crippen molar-refractivity contribution < 1.29 is 9.32 Å². The van der Waals surface area contributed by atoms with E-state index in [9.17, 15) is 9.59 Å². The van der Waals surface area contributed by atoms with Crippen LogP contribution >= 0.6 is 0 Å². The third kappa shape index (κ3) is 3.67. The lowest BCUT2D eigenvalue weighted by atomic mass is 10.2. The minimum atomic E-state index is -0.402. The van der Waals surface area contributed by atoms with Crippen LogP contribution in [0.3, 0.4) is 0 Å². The van der Waals surface area contributed by atoms with Crippen LogP contribution in [0.1, 0.15) is 35.3 Å². The predicted octanol–water partition coefficient (Wildman–Crippen LogP) is 1.85. The van der Waals surface area contributed by atoms with Crippen molar-refractivity contribution in [3.05, 3.63) is 50.9 Å². The smallest absolute Gasteiger partial charge is 0.258 e. The van der Waals surface area contributed by atoms with E-state index in [1.807, 2.05) is 26.8 Å². The van der Waals surface area contributed by atoms with Crippen molar-refractivity contribution in [1.82, 2.24) is 24.5 Å². The highest BCUT2D eigenvalue weighted by molar-refractivity contribution is 5.89. The zero-order chi connectivity index (χ0) is 19.7. The van der Waals surface area contributed by atoms with E-state index in [1.54, 1.807) is 24.6 Å². The highest BCUT2D eigenvalue weighted by Gasteiger charge is 2.19. The molecule has 0 bridgehead atoms. The number of anilines is 1. The molecule has 0 saturated heterocycles. The van der Waals surface area contributed by atoms with Gasteiger partial charge in [0.25, 0.3) is 5.56 Å². The molecule has 0 spiro atoms. The number of carbonyl (C=O) groups is 1. The SMILES string of the molecule is CCc1c(C)nc(-n2nc(C)cc2C)n(CC(=O)Nc2cc(C)on2)c1=O. The van der Waals surface area contributed by atoms with Crippen molar-refractivity contribution in [2.24, 2.45) is 0 Å². The van der Waals surface area contributed by atoms with Crippen molar-refractivity contribution >= 4 is 11.7 Å². The first-order chi connectivity index (χ1) is 12.8. The fraction of sp³-hybridized carbons (Fsp3) is 0.389. The lowest BCUT2D eigenvalue weighted by molar-refractivity contribution is -0.116. The van der Waals surface area contributed by atoms with E-state index in [-0.39, 0.29) is 12.1 Å². The molecule has 3 aromatic rings. The summed E-state index contributed by atoms with van der Waals surface area (Å²) in [5, 5.41) is 10.8. The van der Waals surface area contributed by atoms with E-state index in [0.717, 1.165) is 11.4 Å². The maximum atomic E-state index is 13.0. The number of rotatable bonds is 5. The van der Waals surface area contributed by atoms with Gasteiger partial charge in [0.2, 0.25) is 11.9 Å². The molecule has 0 atom stereocenters. The van der Waals surface area contributed by atoms with Gasteiger partial charge in [-0.1, -0.05) is 12.1 Å². The molecule has 0 aromatic carbocycles. The van der Waals surface area contributed by atoms with E-state index >= 15 is 0 Å². The molecular formula is C18H22N6O3. The monoisotopic (exact) mass is 370 g/mol. The van der Waals surface area contributed by atoms with Crippen LogP contribution in [0.2, 0.25) is 0 Å².